The minimum atomic E-state index is -0.856. The maximum atomic E-state index is 12.9. The number of esters is 3. The van der Waals surface area contributed by atoms with Crippen molar-refractivity contribution in [3.05, 3.63) is 102 Å². The summed E-state index contributed by atoms with van der Waals surface area (Å²) in [4.78, 5) is 47.8. The highest BCUT2D eigenvalue weighted by molar-refractivity contribution is 5.93. The van der Waals surface area contributed by atoms with Gasteiger partial charge in [-0.2, -0.15) is 0 Å². The summed E-state index contributed by atoms with van der Waals surface area (Å²) in [6.07, 6.45) is 1.11. The standard InChI is InChI=1S/C33H30O10/c1-4-30(35)41-23-8-10-24(11-9-23)42-32(37)22-7-13-26-27-14-12-25(18-29(27)21(3)28(26)17-22)43-33(38)40-16-6-5-15-39-31(36)20(2)19-34/h4,7-14,17-18,21,34H,1-2,5-6,15-16,19H2,3H3. The number of aliphatic hydroxyl groups is 1. The summed E-state index contributed by atoms with van der Waals surface area (Å²) in [7, 11) is 0. The molecule has 0 amide bonds. The van der Waals surface area contributed by atoms with Gasteiger partial charge in [-0.25, -0.2) is 19.2 Å². The third-order valence-corrected chi connectivity index (χ3v) is 6.63. The molecule has 0 radical (unpaired) electrons. The number of carbonyl (C=O) groups is 4. The van der Waals surface area contributed by atoms with Crippen LogP contribution in [0.1, 0.15) is 47.2 Å². The second-order valence-corrected chi connectivity index (χ2v) is 9.56. The quantitative estimate of drug-likeness (QED) is 0.0951. The molecule has 3 aromatic carbocycles. The van der Waals surface area contributed by atoms with Gasteiger partial charge in [-0.05, 0) is 83.6 Å². The molecule has 0 aromatic heterocycles. The zero-order valence-electron chi connectivity index (χ0n) is 23.5. The van der Waals surface area contributed by atoms with Gasteiger partial charge in [0.1, 0.15) is 17.2 Å². The van der Waals surface area contributed by atoms with Gasteiger partial charge in [0.05, 0.1) is 31.0 Å². The van der Waals surface area contributed by atoms with Gasteiger partial charge in [0, 0.05) is 12.0 Å². The van der Waals surface area contributed by atoms with Crippen LogP contribution in [0.3, 0.4) is 0 Å². The number of unbranched alkanes of at least 4 members (excludes halogenated alkanes) is 1. The Morgan fingerprint density at radius 3 is 2.02 bits per heavy atom. The summed E-state index contributed by atoms with van der Waals surface area (Å²) in [6.45, 7) is 8.45. The zero-order chi connectivity index (χ0) is 30.9. The SMILES string of the molecule is C=CC(=O)Oc1ccc(OC(=O)c2ccc3c(c2)C(C)c2cc(OC(=O)OCCCCOC(=O)C(=C)CO)ccc2-3)cc1. The average molecular weight is 587 g/mol. The van der Waals surface area contributed by atoms with E-state index in [1.54, 1.807) is 24.3 Å². The number of aliphatic hydroxyl groups excluding tert-OH is 1. The lowest BCUT2D eigenvalue weighted by atomic mass is 9.98. The Labute approximate surface area is 248 Å². The van der Waals surface area contributed by atoms with Crippen LogP contribution in [0.2, 0.25) is 0 Å². The molecule has 0 fully saturated rings. The number of ether oxygens (including phenoxy) is 5. The van der Waals surface area contributed by atoms with Gasteiger partial charge in [0.25, 0.3) is 0 Å². The Bertz CT molecular complexity index is 1550. The van der Waals surface area contributed by atoms with Crippen LogP contribution in [0.4, 0.5) is 4.79 Å². The number of fused-ring (bicyclic) bond motifs is 3. The molecule has 1 aliphatic rings. The average Bonchev–Trinajstić information content (AvgIpc) is 3.29. The minimum Gasteiger partial charge on any atom is -0.462 e. The highest BCUT2D eigenvalue weighted by Crippen LogP contribution is 2.46. The second kappa shape index (κ2) is 14.1. The second-order valence-electron chi connectivity index (χ2n) is 9.56. The summed E-state index contributed by atoms with van der Waals surface area (Å²) in [5.41, 5.74) is 4.13. The molecule has 0 saturated carbocycles. The van der Waals surface area contributed by atoms with Crippen molar-refractivity contribution in [3.8, 4) is 28.4 Å². The van der Waals surface area contributed by atoms with E-state index >= 15 is 0 Å². The number of hydrogen-bond donors (Lipinski definition) is 1. The van der Waals surface area contributed by atoms with Gasteiger partial charge in [0.15, 0.2) is 0 Å². The Morgan fingerprint density at radius 1 is 0.791 bits per heavy atom. The van der Waals surface area contributed by atoms with Crippen molar-refractivity contribution in [1.82, 2.24) is 0 Å². The van der Waals surface area contributed by atoms with Crippen LogP contribution >= 0.6 is 0 Å². The van der Waals surface area contributed by atoms with Crippen LogP contribution in [0, 0.1) is 0 Å². The van der Waals surface area contributed by atoms with Crippen molar-refractivity contribution in [3.63, 3.8) is 0 Å². The van der Waals surface area contributed by atoms with E-state index < -0.39 is 30.7 Å². The number of rotatable bonds is 12. The van der Waals surface area contributed by atoms with Crippen molar-refractivity contribution in [1.29, 1.82) is 0 Å². The molecular weight excluding hydrogens is 556 g/mol. The number of hydrogen-bond acceptors (Lipinski definition) is 10. The third kappa shape index (κ3) is 7.75. The molecule has 4 rings (SSSR count). The maximum absolute atomic E-state index is 12.9. The van der Waals surface area contributed by atoms with E-state index in [0.29, 0.717) is 35.7 Å². The Morgan fingerprint density at radius 2 is 1.37 bits per heavy atom. The van der Waals surface area contributed by atoms with Gasteiger partial charge >= 0.3 is 24.1 Å². The van der Waals surface area contributed by atoms with E-state index in [-0.39, 0.29) is 24.7 Å². The molecule has 222 valence electrons. The van der Waals surface area contributed by atoms with Gasteiger partial charge in [-0.1, -0.05) is 32.2 Å². The minimum absolute atomic E-state index is 0.0243. The zero-order valence-corrected chi connectivity index (χ0v) is 23.5. The van der Waals surface area contributed by atoms with Crippen LogP contribution in [-0.4, -0.2) is 49.0 Å². The van der Waals surface area contributed by atoms with Crippen LogP contribution in [0.25, 0.3) is 11.1 Å². The summed E-state index contributed by atoms with van der Waals surface area (Å²) in [5, 5.41) is 8.85. The smallest absolute Gasteiger partial charge is 0.462 e. The predicted molar refractivity (Wildman–Crippen MR) is 155 cm³/mol. The summed E-state index contributed by atoms with van der Waals surface area (Å²) < 4.78 is 25.9. The monoisotopic (exact) mass is 586 g/mol. The molecular formula is C33H30O10. The fourth-order valence-corrected chi connectivity index (χ4v) is 4.38. The van der Waals surface area contributed by atoms with Crippen LogP contribution in [0.15, 0.2) is 85.5 Å². The number of benzene rings is 3. The first-order valence-corrected chi connectivity index (χ1v) is 13.4. The van der Waals surface area contributed by atoms with Crippen molar-refractivity contribution in [2.24, 2.45) is 0 Å². The highest BCUT2D eigenvalue weighted by atomic mass is 16.7. The summed E-state index contributed by atoms with van der Waals surface area (Å²) >= 11 is 0. The van der Waals surface area contributed by atoms with Gasteiger partial charge in [0.2, 0.25) is 0 Å². The molecule has 1 atom stereocenters. The van der Waals surface area contributed by atoms with Gasteiger partial charge in [-0.3, -0.25) is 0 Å². The molecule has 0 saturated heterocycles. The molecule has 10 nitrogen and oxygen atoms in total. The summed E-state index contributed by atoms with van der Waals surface area (Å²) in [5.74, 6) is -0.961. The van der Waals surface area contributed by atoms with Crippen molar-refractivity contribution >= 4 is 24.1 Å². The van der Waals surface area contributed by atoms with Gasteiger partial charge in [-0.15, -0.1) is 0 Å². The summed E-state index contributed by atoms with van der Waals surface area (Å²) in [6, 6.07) is 16.7. The molecule has 1 unspecified atom stereocenters. The highest BCUT2D eigenvalue weighted by Gasteiger charge is 2.27. The van der Waals surface area contributed by atoms with Crippen LogP contribution in [0.5, 0.6) is 17.2 Å². The maximum Gasteiger partial charge on any atom is 0.513 e. The normalized spacial score (nSPS) is 12.7. The van der Waals surface area contributed by atoms with Gasteiger partial charge < -0.3 is 28.8 Å². The molecule has 0 heterocycles. The van der Waals surface area contributed by atoms with E-state index in [0.717, 1.165) is 28.3 Å². The van der Waals surface area contributed by atoms with E-state index in [1.807, 2.05) is 19.1 Å². The molecule has 0 bridgehead atoms. The van der Waals surface area contributed by atoms with Crippen molar-refractivity contribution in [2.75, 3.05) is 19.8 Å². The lowest BCUT2D eigenvalue weighted by Crippen LogP contribution is -2.13. The first-order valence-electron chi connectivity index (χ1n) is 13.4. The van der Waals surface area contributed by atoms with Crippen LogP contribution in [-0.2, 0) is 19.1 Å². The molecule has 1 N–H and O–H groups in total. The fraction of sp³-hybridized carbons (Fsp3) is 0.212. The van der Waals surface area contributed by atoms with Crippen molar-refractivity contribution < 1.29 is 48.0 Å². The van der Waals surface area contributed by atoms with Crippen molar-refractivity contribution in [2.45, 2.75) is 25.7 Å². The topological polar surface area (TPSA) is 135 Å². The first-order chi connectivity index (χ1) is 20.7. The lowest BCUT2D eigenvalue weighted by Gasteiger charge is -2.10. The number of carbonyl (C=O) groups excluding carboxylic acids is 4. The van der Waals surface area contributed by atoms with E-state index in [1.165, 1.54) is 24.3 Å². The molecule has 0 spiro atoms. The fourth-order valence-electron chi connectivity index (χ4n) is 4.38. The Kier molecular flexibility index (Phi) is 10.1. The predicted octanol–water partition coefficient (Wildman–Crippen LogP) is 5.52. The van der Waals surface area contributed by atoms with E-state index in [9.17, 15) is 19.2 Å². The lowest BCUT2D eigenvalue weighted by molar-refractivity contribution is -0.139. The Balaban J connectivity index is 1.30. The molecule has 3 aromatic rings. The third-order valence-electron chi connectivity index (χ3n) is 6.63. The van der Waals surface area contributed by atoms with E-state index in [2.05, 4.69) is 13.2 Å². The molecule has 1 aliphatic carbocycles. The van der Waals surface area contributed by atoms with Crippen LogP contribution < -0.4 is 14.2 Å². The first kappa shape index (κ1) is 30.7. The molecule has 0 aliphatic heterocycles. The molecule has 10 heteroatoms. The Hall–Kier alpha value is -5.22. The largest absolute Gasteiger partial charge is 0.513 e. The molecule has 43 heavy (non-hydrogen) atoms. The van der Waals surface area contributed by atoms with E-state index in [4.69, 9.17) is 28.8 Å².